The number of amides is 1. The summed E-state index contributed by atoms with van der Waals surface area (Å²) in [5, 5.41) is 5.27. The Morgan fingerprint density at radius 3 is 2.20 bits per heavy atom. The Kier molecular flexibility index (Phi) is 6.52. The molecule has 1 heterocycles. The number of thioether (sulfide) groups is 1. The van der Waals surface area contributed by atoms with Crippen LogP contribution >= 0.6 is 35.0 Å². The highest BCUT2D eigenvalue weighted by Crippen LogP contribution is 2.40. The zero-order valence-corrected chi connectivity index (χ0v) is 17.0. The fraction of sp³-hybridized carbons (Fsp3) is 0.278. The fourth-order valence-corrected chi connectivity index (χ4v) is 4.53. The van der Waals surface area contributed by atoms with Gasteiger partial charge in [-0.2, -0.15) is 26.3 Å². The molecule has 1 amide bonds. The molecular formula is C18H12Cl2F6N2OS. The Morgan fingerprint density at radius 1 is 1.03 bits per heavy atom. The van der Waals surface area contributed by atoms with Crippen molar-refractivity contribution in [3.63, 3.8) is 0 Å². The second kappa shape index (κ2) is 8.49. The van der Waals surface area contributed by atoms with Crippen molar-refractivity contribution in [1.29, 1.82) is 0 Å². The van der Waals surface area contributed by atoms with Gasteiger partial charge in [0.25, 0.3) is 0 Å². The van der Waals surface area contributed by atoms with Gasteiger partial charge in [0, 0.05) is 11.4 Å². The van der Waals surface area contributed by atoms with Crippen LogP contribution in [0.15, 0.2) is 36.4 Å². The van der Waals surface area contributed by atoms with Gasteiger partial charge in [-0.1, -0.05) is 35.3 Å². The van der Waals surface area contributed by atoms with E-state index in [2.05, 4.69) is 10.6 Å². The summed E-state index contributed by atoms with van der Waals surface area (Å²) in [5.74, 6) is -0.541. The van der Waals surface area contributed by atoms with Crippen LogP contribution < -0.4 is 10.6 Å². The van der Waals surface area contributed by atoms with E-state index in [1.54, 1.807) is 18.2 Å². The Morgan fingerprint density at radius 2 is 1.63 bits per heavy atom. The maximum Gasteiger partial charge on any atom is 0.416 e. The second-order valence-electron chi connectivity index (χ2n) is 6.36. The Labute approximate surface area is 181 Å². The lowest BCUT2D eigenvalue weighted by Crippen LogP contribution is -2.38. The van der Waals surface area contributed by atoms with E-state index < -0.39 is 46.5 Å². The quantitative estimate of drug-likeness (QED) is 0.493. The fourth-order valence-electron chi connectivity index (χ4n) is 2.78. The first kappa shape index (κ1) is 23.1. The predicted octanol–water partition coefficient (Wildman–Crippen LogP) is 6.37. The number of halogens is 8. The van der Waals surface area contributed by atoms with Crippen molar-refractivity contribution in [3.05, 3.63) is 63.1 Å². The molecule has 1 saturated heterocycles. The number of rotatable bonds is 3. The summed E-state index contributed by atoms with van der Waals surface area (Å²) in [7, 11) is 0. The molecule has 3 nitrogen and oxygen atoms in total. The summed E-state index contributed by atoms with van der Waals surface area (Å²) >= 11 is 13.4. The smallest absolute Gasteiger partial charge is 0.325 e. The molecule has 0 saturated carbocycles. The molecule has 1 aliphatic rings. The number of carbonyl (C=O) groups is 1. The summed E-state index contributed by atoms with van der Waals surface area (Å²) in [6.45, 7) is 0. The van der Waals surface area contributed by atoms with Crippen LogP contribution in [0.5, 0.6) is 0 Å². The minimum absolute atomic E-state index is 0.00347. The van der Waals surface area contributed by atoms with E-state index in [1.807, 2.05) is 0 Å². The maximum absolute atomic E-state index is 13.0. The monoisotopic (exact) mass is 488 g/mol. The summed E-state index contributed by atoms with van der Waals surface area (Å²) in [6.07, 6.45) is -10.0. The number of alkyl halides is 6. The number of benzene rings is 2. The zero-order valence-electron chi connectivity index (χ0n) is 14.7. The Balaban J connectivity index is 1.78. The third kappa shape index (κ3) is 5.16. The molecule has 0 spiro atoms. The van der Waals surface area contributed by atoms with Crippen molar-refractivity contribution >= 4 is 46.6 Å². The van der Waals surface area contributed by atoms with Gasteiger partial charge >= 0.3 is 12.4 Å². The number of nitrogens with one attached hydrogen (secondary N) is 2. The molecule has 12 heteroatoms. The average Bonchev–Trinajstić information content (AvgIpc) is 3.12. The molecule has 2 unspecified atom stereocenters. The van der Waals surface area contributed by atoms with Crippen LogP contribution in [0.3, 0.4) is 0 Å². The number of carbonyl (C=O) groups excluding carboxylic acids is 1. The van der Waals surface area contributed by atoms with Crippen molar-refractivity contribution in [2.24, 2.45) is 0 Å². The SMILES string of the molecule is O=C(Nc1cc(C(F)(F)F)cc(C(F)(F)F)c1)C1CSC(c2cccc(Cl)c2Cl)N1. The summed E-state index contributed by atoms with van der Waals surface area (Å²) in [4.78, 5) is 12.5. The molecule has 2 atom stereocenters. The first-order chi connectivity index (χ1) is 13.9. The van der Waals surface area contributed by atoms with Crippen LogP contribution in [0.1, 0.15) is 22.1 Å². The third-order valence-corrected chi connectivity index (χ3v) is 6.30. The number of hydrogen-bond acceptors (Lipinski definition) is 3. The molecule has 2 N–H and O–H groups in total. The van der Waals surface area contributed by atoms with E-state index >= 15 is 0 Å². The molecule has 1 fully saturated rings. The maximum atomic E-state index is 13.0. The van der Waals surface area contributed by atoms with Gasteiger partial charge in [0.1, 0.15) is 0 Å². The van der Waals surface area contributed by atoms with E-state index in [9.17, 15) is 31.1 Å². The zero-order chi connectivity index (χ0) is 22.3. The van der Waals surface area contributed by atoms with E-state index in [0.717, 1.165) is 0 Å². The van der Waals surface area contributed by atoms with Gasteiger partial charge in [0.05, 0.1) is 32.6 Å². The molecular weight excluding hydrogens is 477 g/mol. The molecule has 162 valence electrons. The topological polar surface area (TPSA) is 41.1 Å². The van der Waals surface area contributed by atoms with Crippen LogP contribution in [0.25, 0.3) is 0 Å². The van der Waals surface area contributed by atoms with Crippen molar-refractivity contribution in [2.45, 2.75) is 23.8 Å². The third-order valence-electron chi connectivity index (χ3n) is 4.22. The van der Waals surface area contributed by atoms with Gasteiger partial charge in [-0.25, -0.2) is 0 Å². The van der Waals surface area contributed by atoms with Gasteiger partial charge in [-0.3, -0.25) is 10.1 Å². The van der Waals surface area contributed by atoms with Gasteiger partial charge in [-0.15, -0.1) is 11.8 Å². The minimum Gasteiger partial charge on any atom is -0.325 e. The lowest BCUT2D eigenvalue weighted by molar-refractivity contribution is -0.143. The Hall–Kier alpha value is -1.62. The predicted molar refractivity (Wildman–Crippen MR) is 104 cm³/mol. The molecule has 2 aromatic carbocycles. The van der Waals surface area contributed by atoms with Crippen molar-refractivity contribution < 1.29 is 31.1 Å². The summed E-state index contributed by atoms with van der Waals surface area (Å²) in [5.41, 5.74) is -3.00. The average molecular weight is 489 g/mol. The lowest BCUT2D eigenvalue weighted by atomic mass is 10.1. The normalized spacial score (nSPS) is 19.7. The molecule has 0 aromatic heterocycles. The highest BCUT2D eigenvalue weighted by Gasteiger charge is 2.38. The molecule has 0 aliphatic carbocycles. The van der Waals surface area contributed by atoms with E-state index in [-0.39, 0.29) is 16.8 Å². The first-order valence-electron chi connectivity index (χ1n) is 8.28. The van der Waals surface area contributed by atoms with Crippen LogP contribution in [0, 0.1) is 0 Å². The minimum atomic E-state index is -5.00. The standard InChI is InChI=1S/C18H12Cl2F6N2OS/c19-12-3-1-2-11(14(12)20)16-28-13(7-30-16)15(29)27-10-5-8(17(21,22)23)4-9(6-10)18(24,25)26/h1-6,13,16,28H,7H2,(H,27,29). The summed E-state index contributed by atoms with van der Waals surface area (Å²) in [6, 6.07) is 5.00. The highest BCUT2D eigenvalue weighted by molar-refractivity contribution is 7.99. The lowest BCUT2D eigenvalue weighted by Gasteiger charge is -2.17. The second-order valence-corrected chi connectivity index (χ2v) is 8.28. The molecule has 2 aromatic rings. The molecule has 0 bridgehead atoms. The molecule has 3 rings (SSSR count). The molecule has 0 radical (unpaired) electrons. The summed E-state index contributed by atoms with van der Waals surface area (Å²) < 4.78 is 77.8. The van der Waals surface area contributed by atoms with Gasteiger partial charge < -0.3 is 5.32 Å². The Bertz CT molecular complexity index is 934. The van der Waals surface area contributed by atoms with Crippen molar-refractivity contribution in [1.82, 2.24) is 5.32 Å². The van der Waals surface area contributed by atoms with Gasteiger partial charge in [0.15, 0.2) is 0 Å². The molecule has 30 heavy (non-hydrogen) atoms. The van der Waals surface area contributed by atoms with E-state index in [4.69, 9.17) is 23.2 Å². The molecule has 1 aliphatic heterocycles. The van der Waals surface area contributed by atoms with Crippen LogP contribution in [-0.4, -0.2) is 17.7 Å². The van der Waals surface area contributed by atoms with Crippen molar-refractivity contribution in [2.75, 3.05) is 11.1 Å². The van der Waals surface area contributed by atoms with Crippen molar-refractivity contribution in [3.8, 4) is 0 Å². The largest absolute Gasteiger partial charge is 0.416 e. The van der Waals surface area contributed by atoms with Gasteiger partial charge in [0.2, 0.25) is 5.91 Å². The van der Waals surface area contributed by atoms with Crippen LogP contribution in [0.2, 0.25) is 10.0 Å². The first-order valence-corrected chi connectivity index (χ1v) is 10.1. The highest BCUT2D eigenvalue weighted by atomic mass is 35.5. The number of anilines is 1. The van der Waals surface area contributed by atoms with Gasteiger partial charge in [-0.05, 0) is 29.8 Å². The van der Waals surface area contributed by atoms with Crippen LogP contribution in [-0.2, 0) is 17.1 Å². The van der Waals surface area contributed by atoms with E-state index in [1.165, 1.54) is 11.8 Å². The van der Waals surface area contributed by atoms with E-state index in [0.29, 0.717) is 22.7 Å². The van der Waals surface area contributed by atoms with Crippen LogP contribution in [0.4, 0.5) is 32.0 Å². The number of hydrogen-bond donors (Lipinski definition) is 2.